The van der Waals surface area contributed by atoms with Crippen molar-refractivity contribution in [1.82, 2.24) is 0 Å². The number of hydrogen-bond acceptors (Lipinski definition) is 0. The van der Waals surface area contributed by atoms with Gasteiger partial charge in [0.05, 0.1) is 0 Å². The van der Waals surface area contributed by atoms with E-state index in [1.165, 1.54) is 54.9 Å². The number of benzene rings is 6. The quantitative estimate of drug-likeness (QED) is 0.151. The Labute approximate surface area is 300 Å². The summed E-state index contributed by atoms with van der Waals surface area (Å²) in [5, 5.41) is 16.4. The summed E-state index contributed by atoms with van der Waals surface area (Å²) in [4.78, 5) is 0. The van der Waals surface area contributed by atoms with Crippen LogP contribution in [0.25, 0.3) is 56.0 Å². The number of fused-ring (bicyclic) bond motifs is 4. The van der Waals surface area contributed by atoms with Gasteiger partial charge in [-0.05, 0) is 0 Å². The first-order chi connectivity index (χ1) is 23.4. The first kappa shape index (κ1) is 32.9. The average Bonchev–Trinajstić information content (AvgIpc) is 3.63. The van der Waals surface area contributed by atoms with Crippen LogP contribution in [-0.2, 0) is 33.2 Å². The van der Waals surface area contributed by atoms with Crippen molar-refractivity contribution in [3.05, 3.63) is 155 Å². The molecule has 2 heteroatoms. The third-order valence-corrected chi connectivity index (χ3v) is 38.6. The Morgan fingerprint density at radius 2 is 0.776 bits per heavy atom. The molecule has 2 aliphatic carbocycles. The molecular weight excluding hydrogens is 660 g/mol. The summed E-state index contributed by atoms with van der Waals surface area (Å²) in [7, 11) is 0. The summed E-state index contributed by atoms with van der Waals surface area (Å²) in [6.45, 7) is 10.3. The van der Waals surface area contributed by atoms with Gasteiger partial charge in [0.1, 0.15) is 0 Å². The molecule has 0 aromatic heterocycles. The summed E-state index contributed by atoms with van der Waals surface area (Å²) in [5.74, 6) is 0. The van der Waals surface area contributed by atoms with Crippen molar-refractivity contribution in [2.75, 3.05) is 0 Å². The molecule has 0 amide bonds. The Bertz CT molecular complexity index is 2170. The molecule has 0 N–H and O–H groups in total. The maximum atomic E-state index is 2.77. The second-order valence-electron chi connectivity index (χ2n) is 16.4. The van der Waals surface area contributed by atoms with Gasteiger partial charge >= 0.3 is 303 Å². The molecule has 0 fully saturated rings. The van der Waals surface area contributed by atoms with Crippen LogP contribution in [0.4, 0.5) is 0 Å². The van der Waals surface area contributed by atoms with Crippen molar-refractivity contribution in [2.24, 2.45) is 0 Å². The summed E-state index contributed by atoms with van der Waals surface area (Å²) < 4.78 is 1.43. The van der Waals surface area contributed by atoms with Gasteiger partial charge in [0.25, 0.3) is 0 Å². The minimum absolute atomic E-state index is 0.327. The van der Waals surface area contributed by atoms with Crippen molar-refractivity contribution in [3.63, 3.8) is 0 Å². The predicted molar refractivity (Wildman–Crippen MR) is 209 cm³/mol. The summed E-state index contributed by atoms with van der Waals surface area (Å²) in [6.07, 6.45) is 5.12. The summed E-state index contributed by atoms with van der Waals surface area (Å²) in [6, 6.07) is 45.6. The fourth-order valence-electron chi connectivity index (χ4n) is 9.96. The van der Waals surface area contributed by atoms with E-state index in [1.807, 2.05) is 0 Å². The molecule has 6 aromatic carbocycles. The molecule has 2 unspecified atom stereocenters. The third kappa shape index (κ3) is 4.93. The standard InChI is InChI=1S/2C20H15.C3H6.4CH3.2Ti/c2*1-14-12-16-8-5-11-19(20(16)13-14)18-10-4-7-15-6-2-3-9-17(15)18;1-3-2;;;;;;/h2*2-13H,1H3;1-2H3;4*1H3;;. The van der Waals surface area contributed by atoms with Crippen LogP contribution in [0.3, 0.4) is 0 Å². The molecule has 8 rings (SSSR count). The van der Waals surface area contributed by atoms with Crippen LogP contribution in [0.15, 0.2) is 132 Å². The molecule has 0 radical (unpaired) electrons. The number of rotatable bonds is 6. The van der Waals surface area contributed by atoms with Gasteiger partial charge < -0.3 is 0 Å². The molecule has 0 saturated carbocycles. The second-order valence-corrected chi connectivity index (χ2v) is 34.1. The van der Waals surface area contributed by atoms with Gasteiger partial charge in [-0.1, -0.05) is 0 Å². The molecule has 0 spiro atoms. The van der Waals surface area contributed by atoms with Crippen LogP contribution in [0.2, 0.25) is 22.9 Å². The fourth-order valence-corrected chi connectivity index (χ4v) is 34.4. The average molecular weight is 709 g/mol. The first-order valence-corrected chi connectivity index (χ1v) is 27.6. The van der Waals surface area contributed by atoms with Gasteiger partial charge in [0.2, 0.25) is 0 Å². The van der Waals surface area contributed by atoms with Crippen molar-refractivity contribution in [1.29, 1.82) is 0 Å². The van der Waals surface area contributed by atoms with E-state index in [1.54, 1.807) is 22.3 Å². The van der Waals surface area contributed by atoms with E-state index in [2.05, 4.69) is 182 Å². The van der Waals surface area contributed by atoms with E-state index in [9.17, 15) is 0 Å². The molecule has 2 atom stereocenters. The summed E-state index contributed by atoms with van der Waals surface area (Å²) in [5.41, 5.74) is 14.7. The monoisotopic (exact) mass is 708 g/mol. The van der Waals surface area contributed by atoms with Gasteiger partial charge in [0.15, 0.2) is 0 Å². The summed E-state index contributed by atoms with van der Waals surface area (Å²) >= 11 is -5.34. The van der Waals surface area contributed by atoms with Gasteiger partial charge in [0, 0.05) is 0 Å². The molecule has 0 heterocycles. The minimum atomic E-state index is -2.67. The molecular formula is C47H48Ti2. The molecule has 244 valence electrons. The van der Waals surface area contributed by atoms with Gasteiger partial charge in [-0.15, -0.1) is 0 Å². The van der Waals surface area contributed by atoms with Crippen LogP contribution in [-0.4, -0.2) is 0 Å². The van der Waals surface area contributed by atoms with Gasteiger partial charge in [-0.2, -0.15) is 0 Å². The van der Waals surface area contributed by atoms with E-state index in [0.717, 1.165) is 0 Å². The van der Waals surface area contributed by atoms with Gasteiger partial charge in [-0.3, -0.25) is 0 Å². The zero-order valence-electron chi connectivity index (χ0n) is 30.4. The number of hydrogen-bond donors (Lipinski definition) is 0. The van der Waals surface area contributed by atoms with Crippen molar-refractivity contribution >= 4 is 33.7 Å². The first-order valence-electron chi connectivity index (χ1n) is 18.0. The van der Waals surface area contributed by atoms with Gasteiger partial charge in [-0.25, -0.2) is 0 Å². The van der Waals surface area contributed by atoms with E-state index in [0.29, 0.717) is 10.5 Å². The second kappa shape index (κ2) is 11.9. The Kier molecular flexibility index (Phi) is 8.01. The Balaban J connectivity index is 1.21. The van der Waals surface area contributed by atoms with Crippen LogP contribution in [0, 0.1) is 0 Å². The van der Waals surface area contributed by atoms with E-state index in [4.69, 9.17) is 0 Å². The maximum absolute atomic E-state index is 2.77. The Morgan fingerprint density at radius 1 is 0.429 bits per heavy atom. The van der Waals surface area contributed by atoms with Crippen LogP contribution in [0.1, 0.15) is 58.4 Å². The van der Waals surface area contributed by atoms with E-state index in [-0.39, 0.29) is 0 Å². The Hall–Kier alpha value is -3.25. The van der Waals surface area contributed by atoms with Crippen molar-refractivity contribution in [3.8, 4) is 22.3 Å². The molecule has 0 aliphatic heterocycles. The molecule has 0 bridgehead atoms. The predicted octanol–water partition coefficient (Wildman–Crippen LogP) is 14.6. The van der Waals surface area contributed by atoms with Crippen LogP contribution < -0.4 is 0 Å². The van der Waals surface area contributed by atoms with E-state index < -0.39 is 33.2 Å². The zero-order chi connectivity index (χ0) is 34.3. The number of allylic oxidation sites excluding steroid dienone is 2. The molecule has 2 aliphatic rings. The molecule has 6 aromatic rings. The van der Waals surface area contributed by atoms with Crippen molar-refractivity contribution < 1.29 is 33.2 Å². The molecule has 49 heavy (non-hydrogen) atoms. The molecule has 0 nitrogen and oxygen atoms in total. The zero-order valence-corrected chi connectivity index (χ0v) is 33.5. The Morgan fingerprint density at radius 3 is 1.20 bits per heavy atom. The topological polar surface area (TPSA) is 0 Å². The third-order valence-electron chi connectivity index (χ3n) is 13.4. The van der Waals surface area contributed by atoms with E-state index >= 15 is 0 Å². The van der Waals surface area contributed by atoms with Crippen LogP contribution in [0.5, 0.6) is 0 Å². The SMILES string of the molecule is CC1=Cc2c(-c3cccc4ccccc34)cccc2[CH]1[Ti]([CH3])([CH3])[C](C)(C)[Ti]([CH3])([CH3])[CH]1C(C)=Cc2c(-c3cccc4ccccc34)cccc21. The van der Waals surface area contributed by atoms with Crippen LogP contribution >= 0.6 is 0 Å². The normalized spacial score (nSPS) is 17.6. The fraction of sp³-hybridized carbons (Fsp3) is 0.234. The molecule has 0 saturated heterocycles. The van der Waals surface area contributed by atoms with Crippen molar-refractivity contribution in [2.45, 2.75) is 59.1 Å².